The average molecular weight is 375 g/mol. The zero-order valence-corrected chi connectivity index (χ0v) is 15.1. The van der Waals surface area contributed by atoms with Gasteiger partial charge in [-0.1, -0.05) is 19.9 Å². The Morgan fingerprint density at radius 3 is 2.52 bits per heavy atom. The number of halogens is 1. The van der Waals surface area contributed by atoms with Gasteiger partial charge in [0.15, 0.2) is 0 Å². The molecular formula is C15H23BrN2O2S. The van der Waals surface area contributed by atoms with E-state index in [1.807, 2.05) is 19.2 Å². The highest BCUT2D eigenvalue weighted by atomic mass is 79.9. The molecule has 6 heteroatoms. The molecule has 2 N–H and O–H groups in total. The summed E-state index contributed by atoms with van der Waals surface area (Å²) in [5.74, 6) is 0.946. The second-order valence-corrected chi connectivity index (χ2v) is 8.47. The first kappa shape index (κ1) is 16.9. The van der Waals surface area contributed by atoms with Gasteiger partial charge in [-0.25, -0.2) is 13.1 Å². The summed E-state index contributed by atoms with van der Waals surface area (Å²) in [5, 5.41) is 3.05. The van der Waals surface area contributed by atoms with Crippen molar-refractivity contribution in [3.63, 3.8) is 0 Å². The summed E-state index contributed by atoms with van der Waals surface area (Å²) >= 11 is 3.38. The molecule has 4 nitrogen and oxygen atoms in total. The van der Waals surface area contributed by atoms with Crippen molar-refractivity contribution in [3.8, 4) is 0 Å². The lowest BCUT2D eigenvalue weighted by Gasteiger charge is -2.20. The molecule has 1 aromatic rings. The van der Waals surface area contributed by atoms with Gasteiger partial charge in [-0.05, 0) is 65.4 Å². The molecule has 1 aliphatic carbocycles. The molecule has 0 saturated heterocycles. The normalized spacial score (nSPS) is 26.2. The quantitative estimate of drug-likeness (QED) is 0.832. The van der Waals surface area contributed by atoms with Crippen LogP contribution in [0.15, 0.2) is 27.6 Å². The van der Waals surface area contributed by atoms with Crippen LogP contribution in [0.4, 0.5) is 0 Å². The van der Waals surface area contributed by atoms with Crippen LogP contribution in [0.1, 0.15) is 32.3 Å². The molecule has 0 amide bonds. The Morgan fingerprint density at radius 2 is 2.00 bits per heavy atom. The van der Waals surface area contributed by atoms with Crippen LogP contribution in [0.25, 0.3) is 0 Å². The Bertz CT molecular complexity index is 604. The van der Waals surface area contributed by atoms with Gasteiger partial charge in [-0.15, -0.1) is 0 Å². The summed E-state index contributed by atoms with van der Waals surface area (Å²) in [4.78, 5) is 0.314. The van der Waals surface area contributed by atoms with E-state index in [-0.39, 0.29) is 6.04 Å². The predicted octanol–water partition coefficient (Wildman–Crippen LogP) is 2.88. The van der Waals surface area contributed by atoms with E-state index in [2.05, 4.69) is 39.8 Å². The summed E-state index contributed by atoms with van der Waals surface area (Å²) in [6.07, 6.45) is 1.99. The monoisotopic (exact) mass is 374 g/mol. The SMILES string of the molecule is CNCc1ccc(S(=O)(=O)NC2CCC(C)C2C)c(Br)c1. The van der Waals surface area contributed by atoms with Crippen molar-refractivity contribution in [2.24, 2.45) is 11.8 Å². The molecule has 0 spiro atoms. The van der Waals surface area contributed by atoms with Gasteiger partial charge in [0, 0.05) is 17.1 Å². The fourth-order valence-electron chi connectivity index (χ4n) is 2.87. The van der Waals surface area contributed by atoms with Gasteiger partial charge in [0.25, 0.3) is 0 Å². The summed E-state index contributed by atoms with van der Waals surface area (Å²) < 4.78 is 28.6. The van der Waals surface area contributed by atoms with Gasteiger partial charge >= 0.3 is 0 Å². The van der Waals surface area contributed by atoms with Gasteiger partial charge < -0.3 is 5.32 Å². The molecule has 0 radical (unpaired) electrons. The lowest BCUT2D eigenvalue weighted by atomic mass is 9.98. The topological polar surface area (TPSA) is 58.2 Å². The standard InChI is InChI=1S/C15H23BrN2O2S/c1-10-4-6-14(11(10)2)18-21(19,20)15-7-5-12(9-17-3)8-13(15)16/h5,7-8,10-11,14,17-18H,4,6,9H2,1-3H3. The third kappa shape index (κ3) is 3.86. The molecule has 0 aliphatic heterocycles. The van der Waals surface area contributed by atoms with Crippen molar-refractivity contribution in [2.75, 3.05) is 7.05 Å². The molecule has 1 fully saturated rings. The fourth-order valence-corrected chi connectivity index (χ4v) is 5.36. The van der Waals surface area contributed by atoms with Gasteiger partial charge in [0.05, 0.1) is 4.90 Å². The molecule has 118 valence electrons. The molecule has 0 bridgehead atoms. The highest BCUT2D eigenvalue weighted by Gasteiger charge is 2.33. The van der Waals surface area contributed by atoms with Gasteiger partial charge in [-0.2, -0.15) is 0 Å². The first-order chi connectivity index (χ1) is 9.85. The molecule has 0 heterocycles. The zero-order chi connectivity index (χ0) is 15.6. The first-order valence-electron chi connectivity index (χ1n) is 7.30. The number of benzene rings is 1. The molecule has 1 aromatic carbocycles. The van der Waals surface area contributed by atoms with Crippen molar-refractivity contribution in [1.29, 1.82) is 0 Å². The number of hydrogen-bond donors (Lipinski definition) is 2. The largest absolute Gasteiger partial charge is 0.316 e. The highest BCUT2D eigenvalue weighted by Crippen LogP contribution is 2.33. The maximum Gasteiger partial charge on any atom is 0.241 e. The predicted molar refractivity (Wildman–Crippen MR) is 88.6 cm³/mol. The van der Waals surface area contributed by atoms with Crippen LogP contribution in [0, 0.1) is 11.8 Å². The van der Waals surface area contributed by atoms with Crippen molar-refractivity contribution in [1.82, 2.24) is 10.0 Å². The maximum atomic E-state index is 12.6. The summed E-state index contributed by atoms with van der Waals surface area (Å²) in [6.45, 7) is 5.01. The van der Waals surface area contributed by atoms with E-state index in [0.717, 1.165) is 18.4 Å². The number of hydrogen-bond acceptors (Lipinski definition) is 3. The van der Waals surface area contributed by atoms with Gasteiger partial charge in [0.1, 0.15) is 0 Å². The Balaban J connectivity index is 2.20. The molecule has 2 rings (SSSR count). The molecule has 3 atom stereocenters. The van der Waals surface area contributed by atoms with E-state index in [1.165, 1.54) is 0 Å². The van der Waals surface area contributed by atoms with E-state index in [9.17, 15) is 8.42 Å². The van der Waals surface area contributed by atoms with Gasteiger partial charge in [-0.3, -0.25) is 0 Å². The molecule has 3 unspecified atom stereocenters. The van der Waals surface area contributed by atoms with Crippen LogP contribution in [0.5, 0.6) is 0 Å². The van der Waals surface area contributed by atoms with Crippen LogP contribution >= 0.6 is 15.9 Å². The second kappa shape index (κ2) is 6.77. The van der Waals surface area contributed by atoms with Crippen molar-refractivity contribution in [2.45, 2.75) is 44.2 Å². The highest BCUT2D eigenvalue weighted by molar-refractivity contribution is 9.10. The van der Waals surface area contributed by atoms with Gasteiger partial charge in [0.2, 0.25) is 10.0 Å². The minimum atomic E-state index is -3.48. The van der Waals surface area contributed by atoms with E-state index in [4.69, 9.17) is 0 Å². The van der Waals surface area contributed by atoms with E-state index < -0.39 is 10.0 Å². The van der Waals surface area contributed by atoms with Crippen LogP contribution in [-0.4, -0.2) is 21.5 Å². The molecule has 21 heavy (non-hydrogen) atoms. The van der Waals surface area contributed by atoms with Crippen LogP contribution in [0.3, 0.4) is 0 Å². The fraction of sp³-hybridized carbons (Fsp3) is 0.600. The molecular weight excluding hydrogens is 352 g/mol. The number of sulfonamides is 1. The van der Waals surface area contributed by atoms with E-state index in [1.54, 1.807) is 6.07 Å². The smallest absolute Gasteiger partial charge is 0.241 e. The van der Waals surface area contributed by atoms with Crippen molar-refractivity contribution in [3.05, 3.63) is 28.2 Å². The molecule has 1 saturated carbocycles. The molecule has 1 aliphatic rings. The van der Waals surface area contributed by atoms with Crippen LogP contribution in [-0.2, 0) is 16.6 Å². The van der Waals surface area contributed by atoms with Crippen LogP contribution < -0.4 is 10.0 Å². The lowest BCUT2D eigenvalue weighted by molar-refractivity contribution is 0.402. The lowest BCUT2D eigenvalue weighted by Crippen LogP contribution is -2.37. The summed E-state index contributed by atoms with van der Waals surface area (Å²) in [6, 6.07) is 5.40. The maximum absolute atomic E-state index is 12.6. The average Bonchev–Trinajstić information content (AvgIpc) is 2.70. The number of nitrogens with one attached hydrogen (secondary N) is 2. The van der Waals surface area contributed by atoms with Crippen molar-refractivity contribution >= 4 is 26.0 Å². The van der Waals surface area contributed by atoms with E-state index >= 15 is 0 Å². The Labute approximate surface area is 135 Å². The van der Waals surface area contributed by atoms with Crippen LogP contribution in [0.2, 0.25) is 0 Å². The third-order valence-electron chi connectivity index (χ3n) is 4.44. The number of rotatable bonds is 5. The Hall–Kier alpha value is -0.430. The Kier molecular flexibility index (Phi) is 5.46. The minimum absolute atomic E-state index is 0.0360. The minimum Gasteiger partial charge on any atom is -0.316 e. The summed E-state index contributed by atoms with van der Waals surface area (Å²) in [5.41, 5.74) is 1.05. The zero-order valence-electron chi connectivity index (χ0n) is 12.7. The van der Waals surface area contributed by atoms with Crippen molar-refractivity contribution < 1.29 is 8.42 Å². The third-order valence-corrected chi connectivity index (χ3v) is 6.91. The second-order valence-electron chi connectivity index (χ2n) is 5.94. The Morgan fingerprint density at radius 1 is 1.29 bits per heavy atom. The van der Waals surface area contributed by atoms with E-state index in [0.29, 0.717) is 27.7 Å². The molecule has 0 aromatic heterocycles. The summed E-state index contributed by atoms with van der Waals surface area (Å²) in [7, 11) is -1.62. The first-order valence-corrected chi connectivity index (χ1v) is 9.58.